The van der Waals surface area contributed by atoms with E-state index in [9.17, 15) is 4.79 Å². The number of carbonyl (C=O) groups is 1. The summed E-state index contributed by atoms with van der Waals surface area (Å²) in [6.07, 6.45) is 6.18. The zero-order chi connectivity index (χ0) is 11.4. The standard InChI is InChI=1S/C6H12O.C5H10O2/c1-2-3-4-5-6-7;1-4(2)3-5(6)7/h3-4,7H,2,5-6H2,1H3;4H,3H2,1-2H3,(H,6,7)/b4-3-;. The van der Waals surface area contributed by atoms with E-state index in [2.05, 4.69) is 13.0 Å². The summed E-state index contributed by atoms with van der Waals surface area (Å²) in [6, 6.07) is 0. The second kappa shape index (κ2) is 12.2. The van der Waals surface area contributed by atoms with Crippen LogP contribution < -0.4 is 0 Å². The Morgan fingerprint density at radius 1 is 1.36 bits per heavy atom. The van der Waals surface area contributed by atoms with Crippen molar-refractivity contribution in [3.8, 4) is 0 Å². The van der Waals surface area contributed by atoms with Gasteiger partial charge in [-0.05, 0) is 18.8 Å². The van der Waals surface area contributed by atoms with Crippen molar-refractivity contribution >= 4 is 5.97 Å². The lowest BCUT2D eigenvalue weighted by molar-refractivity contribution is -0.137. The van der Waals surface area contributed by atoms with Crippen molar-refractivity contribution < 1.29 is 15.0 Å². The maximum atomic E-state index is 9.81. The van der Waals surface area contributed by atoms with E-state index in [4.69, 9.17) is 10.2 Å². The Bertz CT molecular complexity index is 151. The molecule has 0 aliphatic heterocycles. The fourth-order valence-corrected chi connectivity index (χ4v) is 0.708. The SMILES string of the molecule is CC(C)CC(=O)O.CC/C=C\CCO. The lowest BCUT2D eigenvalue weighted by atomic mass is 10.1. The van der Waals surface area contributed by atoms with Gasteiger partial charge in [-0.15, -0.1) is 0 Å². The molecule has 0 unspecified atom stereocenters. The van der Waals surface area contributed by atoms with Gasteiger partial charge in [0.25, 0.3) is 0 Å². The molecule has 0 saturated heterocycles. The van der Waals surface area contributed by atoms with Gasteiger partial charge in [0.2, 0.25) is 0 Å². The largest absolute Gasteiger partial charge is 0.481 e. The number of aliphatic carboxylic acids is 1. The average Bonchev–Trinajstić information content (AvgIpc) is 2.04. The minimum absolute atomic E-state index is 0.274. The first-order chi connectivity index (χ1) is 6.54. The van der Waals surface area contributed by atoms with Crippen molar-refractivity contribution in [1.82, 2.24) is 0 Å². The summed E-state index contributed by atoms with van der Waals surface area (Å²) >= 11 is 0. The highest BCUT2D eigenvalue weighted by Gasteiger charge is 1.98. The Morgan fingerprint density at radius 2 is 1.93 bits per heavy atom. The topological polar surface area (TPSA) is 57.5 Å². The van der Waals surface area contributed by atoms with Crippen LogP contribution in [0.5, 0.6) is 0 Å². The summed E-state index contributed by atoms with van der Waals surface area (Å²) in [4.78, 5) is 9.81. The average molecular weight is 202 g/mol. The van der Waals surface area contributed by atoms with Gasteiger partial charge in [-0.25, -0.2) is 0 Å². The molecule has 3 heteroatoms. The van der Waals surface area contributed by atoms with Crippen LogP contribution in [0.25, 0.3) is 0 Å². The Hall–Kier alpha value is -0.830. The fourth-order valence-electron chi connectivity index (χ4n) is 0.708. The van der Waals surface area contributed by atoms with Crippen LogP contribution in [-0.2, 0) is 4.79 Å². The van der Waals surface area contributed by atoms with Crippen LogP contribution in [0.2, 0.25) is 0 Å². The van der Waals surface area contributed by atoms with Crippen molar-refractivity contribution in [2.45, 2.75) is 40.0 Å². The summed E-state index contributed by atoms with van der Waals surface area (Å²) in [6.45, 7) is 6.12. The Labute approximate surface area is 86.5 Å². The minimum Gasteiger partial charge on any atom is -0.481 e. The molecular formula is C11H22O3. The fraction of sp³-hybridized carbons (Fsp3) is 0.727. The number of aliphatic hydroxyl groups excluding tert-OH is 1. The van der Waals surface area contributed by atoms with E-state index in [1.165, 1.54) is 0 Å². The van der Waals surface area contributed by atoms with E-state index in [0.29, 0.717) is 0 Å². The van der Waals surface area contributed by atoms with Crippen LogP contribution in [0.1, 0.15) is 40.0 Å². The molecule has 0 aliphatic carbocycles. The van der Waals surface area contributed by atoms with E-state index in [1.807, 2.05) is 19.9 Å². The lowest BCUT2D eigenvalue weighted by Crippen LogP contribution is -1.99. The molecule has 0 aromatic carbocycles. The normalized spacial score (nSPS) is 10.1. The molecule has 0 amide bonds. The maximum absolute atomic E-state index is 9.81. The predicted octanol–water partition coefficient (Wildman–Crippen LogP) is 2.45. The molecule has 84 valence electrons. The number of hydrogen-bond acceptors (Lipinski definition) is 2. The molecule has 0 fully saturated rings. The summed E-state index contributed by atoms with van der Waals surface area (Å²) < 4.78 is 0. The van der Waals surface area contributed by atoms with Crippen molar-refractivity contribution in [2.75, 3.05) is 6.61 Å². The molecule has 0 heterocycles. The Kier molecular flexibility index (Phi) is 13.6. The molecule has 0 saturated carbocycles. The van der Waals surface area contributed by atoms with Crippen LogP contribution in [0.3, 0.4) is 0 Å². The Morgan fingerprint density at radius 3 is 2.14 bits per heavy atom. The van der Waals surface area contributed by atoms with E-state index < -0.39 is 5.97 Å². The molecule has 0 aromatic heterocycles. The number of hydrogen-bond donors (Lipinski definition) is 2. The summed E-state index contributed by atoms with van der Waals surface area (Å²) in [5.74, 6) is -0.438. The van der Waals surface area contributed by atoms with Crippen LogP contribution in [0.4, 0.5) is 0 Å². The second-order valence-corrected chi connectivity index (χ2v) is 3.38. The Balaban J connectivity index is 0. The van der Waals surface area contributed by atoms with E-state index in [-0.39, 0.29) is 18.9 Å². The number of aliphatic hydroxyl groups is 1. The third kappa shape index (κ3) is 22.5. The van der Waals surface area contributed by atoms with Gasteiger partial charge in [0.15, 0.2) is 0 Å². The predicted molar refractivity (Wildman–Crippen MR) is 58.2 cm³/mol. The second-order valence-electron chi connectivity index (χ2n) is 3.38. The number of carboxylic acids is 1. The summed E-state index contributed by atoms with van der Waals surface area (Å²) in [5.41, 5.74) is 0. The van der Waals surface area contributed by atoms with E-state index >= 15 is 0 Å². The van der Waals surface area contributed by atoms with E-state index in [1.54, 1.807) is 0 Å². The lowest BCUT2D eigenvalue weighted by Gasteiger charge is -1.94. The van der Waals surface area contributed by atoms with Gasteiger partial charge >= 0.3 is 5.97 Å². The van der Waals surface area contributed by atoms with Gasteiger partial charge in [-0.1, -0.05) is 32.9 Å². The smallest absolute Gasteiger partial charge is 0.303 e. The van der Waals surface area contributed by atoms with Gasteiger partial charge < -0.3 is 10.2 Å². The van der Waals surface area contributed by atoms with E-state index in [0.717, 1.165) is 12.8 Å². The molecule has 0 rings (SSSR count). The van der Waals surface area contributed by atoms with Crippen LogP contribution in [0.15, 0.2) is 12.2 Å². The molecule has 0 spiro atoms. The van der Waals surface area contributed by atoms with Crippen molar-refractivity contribution in [3.05, 3.63) is 12.2 Å². The quantitative estimate of drug-likeness (QED) is 0.673. The monoisotopic (exact) mass is 202 g/mol. The highest BCUT2D eigenvalue weighted by atomic mass is 16.4. The first-order valence-corrected chi connectivity index (χ1v) is 5.02. The van der Waals surface area contributed by atoms with Gasteiger partial charge in [-0.3, -0.25) is 4.79 Å². The molecule has 2 N–H and O–H groups in total. The minimum atomic E-state index is -0.713. The number of carboxylic acid groups (broad SMARTS) is 1. The van der Waals surface area contributed by atoms with Crippen LogP contribution in [0, 0.1) is 5.92 Å². The zero-order valence-corrected chi connectivity index (χ0v) is 9.36. The van der Waals surface area contributed by atoms with Gasteiger partial charge in [0.1, 0.15) is 0 Å². The molecule has 0 aromatic rings. The van der Waals surface area contributed by atoms with Crippen molar-refractivity contribution in [1.29, 1.82) is 0 Å². The van der Waals surface area contributed by atoms with Crippen LogP contribution in [-0.4, -0.2) is 22.8 Å². The van der Waals surface area contributed by atoms with Gasteiger partial charge in [0.05, 0.1) is 0 Å². The third-order valence-electron chi connectivity index (χ3n) is 1.28. The number of allylic oxidation sites excluding steroid dienone is 1. The highest BCUT2D eigenvalue weighted by molar-refractivity contribution is 5.66. The van der Waals surface area contributed by atoms with Gasteiger partial charge in [-0.2, -0.15) is 0 Å². The van der Waals surface area contributed by atoms with Crippen LogP contribution >= 0.6 is 0 Å². The molecule has 14 heavy (non-hydrogen) atoms. The molecule has 0 aliphatic rings. The molecule has 3 nitrogen and oxygen atoms in total. The summed E-state index contributed by atoms with van der Waals surface area (Å²) in [7, 11) is 0. The molecule has 0 bridgehead atoms. The number of rotatable bonds is 5. The van der Waals surface area contributed by atoms with Crippen molar-refractivity contribution in [3.63, 3.8) is 0 Å². The first-order valence-electron chi connectivity index (χ1n) is 5.02. The molecule has 0 radical (unpaired) electrons. The maximum Gasteiger partial charge on any atom is 0.303 e. The third-order valence-corrected chi connectivity index (χ3v) is 1.28. The molecule has 0 atom stereocenters. The van der Waals surface area contributed by atoms with Gasteiger partial charge in [0, 0.05) is 13.0 Å². The highest BCUT2D eigenvalue weighted by Crippen LogP contribution is 1.96. The summed E-state index contributed by atoms with van der Waals surface area (Å²) in [5, 5.41) is 16.3. The first kappa shape index (κ1) is 15.6. The molecular weight excluding hydrogens is 180 g/mol. The van der Waals surface area contributed by atoms with Crippen molar-refractivity contribution in [2.24, 2.45) is 5.92 Å². The zero-order valence-electron chi connectivity index (χ0n) is 9.36.